The fourth-order valence-electron chi connectivity index (χ4n) is 1.69. The molecule has 0 bridgehead atoms. The van der Waals surface area contributed by atoms with Crippen LogP contribution in [0.5, 0.6) is 0 Å². The smallest absolute Gasteiger partial charge is 0.259 e. The Kier molecular flexibility index (Phi) is 4.53. The van der Waals surface area contributed by atoms with Crippen molar-refractivity contribution >= 4 is 29.0 Å². The van der Waals surface area contributed by atoms with Crippen LogP contribution in [0.4, 0.5) is 15.9 Å². The van der Waals surface area contributed by atoms with E-state index in [2.05, 4.69) is 15.6 Å². The topological polar surface area (TPSA) is 54.0 Å². The molecule has 6 heteroatoms. The molecule has 0 aliphatic heterocycles. The van der Waals surface area contributed by atoms with Crippen molar-refractivity contribution in [1.29, 1.82) is 0 Å². The molecule has 0 unspecified atom stereocenters. The first-order chi connectivity index (χ1) is 9.63. The number of carbonyl (C=O) groups excluding carboxylic acids is 1. The molecule has 4 nitrogen and oxygen atoms in total. The number of halogens is 2. The minimum absolute atomic E-state index is 0.0359. The normalized spacial score (nSPS) is 10.2. The first-order valence-electron chi connectivity index (χ1n) is 6.07. The molecule has 20 heavy (non-hydrogen) atoms. The van der Waals surface area contributed by atoms with E-state index in [4.69, 9.17) is 11.6 Å². The van der Waals surface area contributed by atoms with Crippen molar-refractivity contribution in [2.45, 2.75) is 6.92 Å². The zero-order valence-corrected chi connectivity index (χ0v) is 11.5. The predicted octanol–water partition coefficient (Wildman–Crippen LogP) is 3.56. The molecule has 104 valence electrons. The molecule has 0 aliphatic carbocycles. The van der Waals surface area contributed by atoms with Crippen LogP contribution in [-0.4, -0.2) is 17.4 Å². The lowest BCUT2D eigenvalue weighted by Gasteiger charge is -2.10. The van der Waals surface area contributed by atoms with Gasteiger partial charge in [0.15, 0.2) is 5.82 Å². The summed E-state index contributed by atoms with van der Waals surface area (Å²) in [5, 5.41) is 5.42. The summed E-state index contributed by atoms with van der Waals surface area (Å²) in [6, 6.07) is 7.69. The second-order valence-corrected chi connectivity index (χ2v) is 4.39. The molecule has 0 spiro atoms. The zero-order valence-electron chi connectivity index (χ0n) is 10.8. The summed E-state index contributed by atoms with van der Waals surface area (Å²) in [5.41, 5.74) is 0.377. The molecule has 2 aromatic rings. The van der Waals surface area contributed by atoms with Crippen molar-refractivity contribution in [2.24, 2.45) is 0 Å². The highest BCUT2D eigenvalue weighted by atomic mass is 35.5. The Labute approximate surface area is 121 Å². The van der Waals surface area contributed by atoms with E-state index in [9.17, 15) is 9.18 Å². The molecule has 1 aromatic carbocycles. The van der Waals surface area contributed by atoms with Crippen LogP contribution < -0.4 is 10.6 Å². The van der Waals surface area contributed by atoms with E-state index < -0.39 is 11.7 Å². The summed E-state index contributed by atoms with van der Waals surface area (Å²) in [6.45, 7) is 2.52. The number of carbonyl (C=O) groups is 1. The number of anilines is 2. The molecule has 2 N–H and O–H groups in total. The summed E-state index contributed by atoms with van der Waals surface area (Å²) in [6.07, 6.45) is 1.58. The van der Waals surface area contributed by atoms with E-state index in [1.165, 1.54) is 12.1 Å². The number of rotatable bonds is 4. The minimum atomic E-state index is -0.656. The lowest BCUT2D eigenvalue weighted by molar-refractivity contribution is 0.102. The van der Waals surface area contributed by atoms with Gasteiger partial charge in [0.1, 0.15) is 5.82 Å². The van der Waals surface area contributed by atoms with Crippen molar-refractivity contribution in [3.05, 3.63) is 52.9 Å². The fraction of sp³-hybridized carbons (Fsp3) is 0.143. The lowest BCUT2D eigenvalue weighted by atomic mass is 10.2. The van der Waals surface area contributed by atoms with E-state index in [1.807, 2.05) is 6.92 Å². The number of nitrogens with one attached hydrogen (secondary N) is 2. The number of amides is 1. The Hall–Kier alpha value is -2.14. The lowest BCUT2D eigenvalue weighted by Crippen LogP contribution is -2.16. The summed E-state index contributed by atoms with van der Waals surface area (Å²) in [7, 11) is 0. The van der Waals surface area contributed by atoms with Crippen LogP contribution >= 0.6 is 11.6 Å². The number of benzene rings is 1. The maximum absolute atomic E-state index is 13.7. The summed E-state index contributed by atoms with van der Waals surface area (Å²) in [5.74, 6) is -0.651. The molecule has 1 heterocycles. The third-order valence-electron chi connectivity index (χ3n) is 2.60. The van der Waals surface area contributed by atoms with Gasteiger partial charge in [-0.05, 0) is 31.2 Å². The first kappa shape index (κ1) is 14.3. The first-order valence-corrected chi connectivity index (χ1v) is 6.45. The van der Waals surface area contributed by atoms with E-state index in [-0.39, 0.29) is 10.7 Å². The van der Waals surface area contributed by atoms with Gasteiger partial charge in [0, 0.05) is 12.7 Å². The van der Waals surface area contributed by atoms with Crippen molar-refractivity contribution in [2.75, 3.05) is 17.2 Å². The van der Waals surface area contributed by atoms with Gasteiger partial charge in [-0.15, -0.1) is 0 Å². The second kappa shape index (κ2) is 6.34. The molecular weight excluding hydrogens is 281 g/mol. The van der Waals surface area contributed by atoms with Crippen LogP contribution in [0.15, 0.2) is 36.5 Å². The Bertz CT molecular complexity index is 634. The Morgan fingerprint density at radius 1 is 1.35 bits per heavy atom. The van der Waals surface area contributed by atoms with Gasteiger partial charge < -0.3 is 10.6 Å². The van der Waals surface area contributed by atoms with Crippen LogP contribution in [0.1, 0.15) is 17.3 Å². The zero-order chi connectivity index (χ0) is 14.5. The largest absolute Gasteiger partial charge is 0.370 e. The van der Waals surface area contributed by atoms with Crippen LogP contribution in [0, 0.1) is 5.82 Å². The van der Waals surface area contributed by atoms with E-state index >= 15 is 0 Å². The van der Waals surface area contributed by atoms with Gasteiger partial charge in [-0.2, -0.15) is 0 Å². The average Bonchev–Trinajstić information content (AvgIpc) is 2.45. The summed E-state index contributed by atoms with van der Waals surface area (Å²) in [4.78, 5) is 16.3. The highest BCUT2D eigenvalue weighted by molar-refractivity contribution is 6.31. The number of nitrogens with zero attached hydrogens (tertiary/aromatic N) is 1. The van der Waals surface area contributed by atoms with Crippen molar-refractivity contribution < 1.29 is 9.18 Å². The monoisotopic (exact) mass is 293 g/mol. The minimum Gasteiger partial charge on any atom is -0.370 e. The SMILES string of the molecule is CCNc1ncccc1C(=O)Nc1cccc(Cl)c1F. The van der Waals surface area contributed by atoms with E-state index in [1.54, 1.807) is 24.4 Å². The van der Waals surface area contributed by atoms with Crippen molar-refractivity contribution in [3.63, 3.8) is 0 Å². The molecule has 0 saturated carbocycles. The van der Waals surface area contributed by atoms with Gasteiger partial charge in [-0.1, -0.05) is 17.7 Å². The van der Waals surface area contributed by atoms with Crippen LogP contribution in [0.3, 0.4) is 0 Å². The number of hydrogen-bond donors (Lipinski definition) is 2. The standard InChI is InChI=1S/C14H13ClFN3O/c1-2-17-13-9(5-4-8-18-13)14(20)19-11-7-3-6-10(15)12(11)16/h3-8H,2H2,1H3,(H,17,18)(H,19,20). The third-order valence-corrected chi connectivity index (χ3v) is 2.89. The molecule has 2 rings (SSSR count). The maximum atomic E-state index is 13.7. The van der Waals surface area contributed by atoms with Gasteiger partial charge in [0.25, 0.3) is 5.91 Å². The van der Waals surface area contributed by atoms with Crippen LogP contribution in [-0.2, 0) is 0 Å². The number of pyridine rings is 1. The third kappa shape index (κ3) is 3.05. The molecule has 0 saturated heterocycles. The molecule has 0 aliphatic rings. The average molecular weight is 294 g/mol. The summed E-state index contributed by atoms with van der Waals surface area (Å²) >= 11 is 5.67. The van der Waals surface area contributed by atoms with Gasteiger partial charge >= 0.3 is 0 Å². The summed E-state index contributed by atoms with van der Waals surface area (Å²) < 4.78 is 13.7. The quantitative estimate of drug-likeness (QED) is 0.906. The number of aromatic nitrogens is 1. The fourth-order valence-corrected chi connectivity index (χ4v) is 1.86. The Morgan fingerprint density at radius 2 is 2.15 bits per heavy atom. The van der Waals surface area contributed by atoms with Gasteiger partial charge in [0.2, 0.25) is 0 Å². The maximum Gasteiger partial charge on any atom is 0.259 e. The van der Waals surface area contributed by atoms with Crippen LogP contribution in [0.25, 0.3) is 0 Å². The van der Waals surface area contributed by atoms with E-state index in [0.29, 0.717) is 17.9 Å². The highest BCUT2D eigenvalue weighted by Crippen LogP contribution is 2.23. The van der Waals surface area contributed by atoms with Crippen molar-refractivity contribution in [3.8, 4) is 0 Å². The number of hydrogen-bond acceptors (Lipinski definition) is 3. The van der Waals surface area contributed by atoms with Crippen LogP contribution in [0.2, 0.25) is 5.02 Å². The van der Waals surface area contributed by atoms with Gasteiger partial charge in [-0.25, -0.2) is 9.37 Å². The van der Waals surface area contributed by atoms with Crippen molar-refractivity contribution in [1.82, 2.24) is 4.98 Å². The second-order valence-electron chi connectivity index (χ2n) is 3.99. The highest BCUT2D eigenvalue weighted by Gasteiger charge is 2.14. The predicted molar refractivity (Wildman–Crippen MR) is 77.8 cm³/mol. The van der Waals surface area contributed by atoms with Gasteiger partial charge in [0.05, 0.1) is 16.3 Å². The molecule has 0 radical (unpaired) electrons. The molecular formula is C14H13ClFN3O. The van der Waals surface area contributed by atoms with Gasteiger partial charge in [-0.3, -0.25) is 4.79 Å². The molecule has 1 aromatic heterocycles. The van der Waals surface area contributed by atoms with E-state index in [0.717, 1.165) is 0 Å². The molecule has 1 amide bonds. The molecule has 0 fully saturated rings. The molecule has 0 atom stereocenters. The Balaban J connectivity index is 2.26. The Morgan fingerprint density at radius 3 is 2.90 bits per heavy atom.